The molecule has 0 fully saturated rings. The lowest BCUT2D eigenvalue weighted by Gasteiger charge is -2.08. The van der Waals surface area contributed by atoms with E-state index in [4.69, 9.17) is 16.3 Å². The van der Waals surface area contributed by atoms with Gasteiger partial charge >= 0.3 is 0 Å². The van der Waals surface area contributed by atoms with Crippen molar-refractivity contribution < 1.29 is 18.7 Å². The summed E-state index contributed by atoms with van der Waals surface area (Å²) in [7, 11) is 0. The van der Waals surface area contributed by atoms with Gasteiger partial charge in [-0.1, -0.05) is 35.9 Å². The molecule has 5 nitrogen and oxygen atoms in total. The largest absolute Gasteiger partial charge is 0.482 e. The second-order valence-corrected chi connectivity index (χ2v) is 5.05. The summed E-state index contributed by atoms with van der Waals surface area (Å²) in [6, 6.07) is 12.3. The van der Waals surface area contributed by atoms with Crippen molar-refractivity contribution in [3.8, 4) is 5.75 Å². The molecule has 7 heteroatoms. The van der Waals surface area contributed by atoms with Crippen LogP contribution in [0.25, 0.3) is 6.08 Å². The minimum atomic E-state index is -0.543. The van der Waals surface area contributed by atoms with Gasteiger partial charge in [-0.15, -0.1) is 0 Å². The van der Waals surface area contributed by atoms with E-state index < -0.39 is 11.8 Å². The first-order chi connectivity index (χ1) is 11.5. The standard InChI is InChI=1S/C17H14ClFN2O3/c18-14-3-1-2-4-15(14)24-11-17(23)21-20-16(22)10-7-12-5-8-13(19)9-6-12/h1-10H,11H2,(H,20,22)(H,21,23). The van der Waals surface area contributed by atoms with E-state index in [1.54, 1.807) is 24.3 Å². The maximum Gasteiger partial charge on any atom is 0.276 e. The van der Waals surface area contributed by atoms with Crippen LogP contribution in [0.15, 0.2) is 54.6 Å². The number of hydrogen-bond acceptors (Lipinski definition) is 3. The van der Waals surface area contributed by atoms with Gasteiger partial charge in [-0.05, 0) is 35.9 Å². The summed E-state index contributed by atoms with van der Waals surface area (Å²) in [5, 5.41) is 0.386. The SMILES string of the molecule is O=C(C=Cc1ccc(F)cc1)NNC(=O)COc1ccccc1Cl. The zero-order chi connectivity index (χ0) is 17.4. The number of carbonyl (C=O) groups excluding carboxylic acids is 2. The molecule has 0 aliphatic heterocycles. The van der Waals surface area contributed by atoms with Gasteiger partial charge in [0.1, 0.15) is 11.6 Å². The van der Waals surface area contributed by atoms with Crippen LogP contribution in [-0.4, -0.2) is 18.4 Å². The first-order valence-corrected chi connectivity index (χ1v) is 7.32. The molecule has 2 rings (SSSR count). The number of hydrazine groups is 1. The average Bonchev–Trinajstić information content (AvgIpc) is 2.58. The van der Waals surface area contributed by atoms with Crippen LogP contribution in [0, 0.1) is 5.82 Å². The summed E-state index contributed by atoms with van der Waals surface area (Å²) >= 11 is 5.89. The molecule has 0 saturated heterocycles. The summed E-state index contributed by atoms with van der Waals surface area (Å²) < 4.78 is 18.0. The van der Waals surface area contributed by atoms with Crippen molar-refractivity contribution >= 4 is 29.5 Å². The molecule has 0 aliphatic carbocycles. The topological polar surface area (TPSA) is 67.4 Å². The van der Waals surface area contributed by atoms with Crippen LogP contribution in [0.1, 0.15) is 5.56 Å². The van der Waals surface area contributed by atoms with Gasteiger partial charge in [0.15, 0.2) is 6.61 Å². The highest BCUT2D eigenvalue weighted by Gasteiger charge is 2.05. The third-order valence-corrected chi connectivity index (χ3v) is 3.13. The fourth-order valence-corrected chi connectivity index (χ4v) is 1.85. The Hall–Kier alpha value is -2.86. The number of amides is 2. The highest BCUT2D eigenvalue weighted by atomic mass is 35.5. The van der Waals surface area contributed by atoms with Crippen molar-refractivity contribution in [1.29, 1.82) is 0 Å². The Balaban J connectivity index is 1.74. The Morgan fingerprint density at radius 2 is 1.79 bits per heavy atom. The van der Waals surface area contributed by atoms with Crippen LogP contribution in [0.5, 0.6) is 5.75 Å². The molecule has 24 heavy (non-hydrogen) atoms. The zero-order valence-electron chi connectivity index (χ0n) is 12.5. The number of benzene rings is 2. The zero-order valence-corrected chi connectivity index (χ0v) is 13.2. The molecule has 0 heterocycles. The molecule has 2 aromatic rings. The van der Waals surface area contributed by atoms with E-state index in [0.717, 1.165) is 0 Å². The molecule has 2 N–H and O–H groups in total. The Kier molecular flexibility index (Phi) is 6.33. The molecule has 0 aromatic heterocycles. The molecule has 0 saturated carbocycles. The molecule has 0 aliphatic rings. The third-order valence-electron chi connectivity index (χ3n) is 2.82. The van der Waals surface area contributed by atoms with E-state index in [1.165, 1.54) is 36.4 Å². The summed E-state index contributed by atoms with van der Waals surface area (Å²) in [6.45, 7) is -0.300. The van der Waals surface area contributed by atoms with Crippen molar-refractivity contribution in [3.63, 3.8) is 0 Å². The lowest BCUT2D eigenvalue weighted by Crippen LogP contribution is -2.43. The summed E-state index contributed by atoms with van der Waals surface area (Å²) in [4.78, 5) is 23.2. The van der Waals surface area contributed by atoms with Gasteiger partial charge in [-0.2, -0.15) is 0 Å². The predicted molar refractivity (Wildman–Crippen MR) is 88.7 cm³/mol. The van der Waals surface area contributed by atoms with Gasteiger partial charge in [-0.3, -0.25) is 20.4 Å². The van der Waals surface area contributed by atoms with Gasteiger partial charge in [0.05, 0.1) is 5.02 Å². The lowest BCUT2D eigenvalue weighted by atomic mass is 10.2. The average molecular weight is 349 g/mol. The normalized spacial score (nSPS) is 10.4. The molecular weight excluding hydrogens is 335 g/mol. The van der Waals surface area contributed by atoms with Crippen molar-refractivity contribution in [1.82, 2.24) is 10.9 Å². The number of rotatable bonds is 5. The first-order valence-electron chi connectivity index (χ1n) is 6.94. The predicted octanol–water partition coefficient (Wildman–Crippen LogP) is 2.72. The van der Waals surface area contributed by atoms with Crippen LogP contribution in [0.3, 0.4) is 0 Å². The summed E-state index contributed by atoms with van der Waals surface area (Å²) in [6.07, 6.45) is 2.70. The number of ether oxygens (including phenoxy) is 1. The highest BCUT2D eigenvalue weighted by Crippen LogP contribution is 2.22. The van der Waals surface area contributed by atoms with E-state index in [0.29, 0.717) is 16.3 Å². The fraction of sp³-hybridized carbons (Fsp3) is 0.0588. The second-order valence-electron chi connectivity index (χ2n) is 4.64. The Bertz CT molecular complexity index is 748. The number of para-hydroxylation sites is 1. The smallest absolute Gasteiger partial charge is 0.276 e. The van der Waals surface area contributed by atoms with Crippen molar-refractivity contribution in [2.45, 2.75) is 0 Å². The van der Waals surface area contributed by atoms with Gasteiger partial charge in [-0.25, -0.2) is 4.39 Å². The first kappa shape index (κ1) is 17.5. The van der Waals surface area contributed by atoms with Crippen molar-refractivity contribution in [2.75, 3.05) is 6.61 Å². The quantitative estimate of drug-likeness (QED) is 0.645. The van der Waals surface area contributed by atoms with Crippen LogP contribution in [-0.2, 0) is 9.59 Å². The minimum Gasteiger partial charge on any atom is -0.482 e. The maximum absolute atomic E-state index is 12.7. The molecule has 2 amide bonds. The van der Waals surface area contributed by atoms with E-state index in [1.807, 2.05) is 0 Å². The van der Waals surface area contributed by atoms with Crippen molar-refractivity contribution in [2.24, 2.45) is 0 Å². The van der Waals surface area contributed by atoms with Gasteiger partial charge in [0.25, 0.3) is 11.8 Å². The fourth-order valence-electron chi connectivity index (χ4n) is 1.66. The van der Waals surface area contributed by atoms with Gasteiger partial charge < -0.3 is 4.74 Å². The maximum atomic E-state index is 12.7. The van der Waals surface area contributed by atoms with Gasteiger partial charge in [0.2, 0.25) is 0 Å². The number of carbonyl (C=O) groups is 2. The number of hydrogen-bond donors (Lipinski definition) is 2. The van der Waals surface area contributed by atoms with E-state index in [2.05, 4.69) is 10.9 Å². The van der Waals surface area contributed by atoms with Gasteiger partial charge in [0, 0.05) is 6.08 Å². The second kappa shape index (κ2) is 8.69. The summed E-state index contributed by atoms with van der Waals surface area (Å²) in [5.74, 6) is -1.07. The van der Waals surface area contributed by atoms with E-state index in [9.17, 15) is 14.0 Å². The monoisotopic (exact) mass is 348 g/mol. The van der Waals surface area contributed by atoms with E-state index >= 15 is 0 Å². The molecule has 0 atom stereocenters. The lowest BCUT2D eigenvalue weighted by molar-refractivity contribution is -0.128. The Labute approximate surface area is 143 Å². The third kappa shape index (κ3) is 5.73. The van der Waals surface area contributed by atoms with E-state index in [-0.39, 0.29) is 12.4 Å². The van der Waals surface area contributed by atoms with Crippen LogP contribution < -0.4 is 15.6 Å². The van der Waals surface area contributed by atoms with Crippen molar-refractivity contribution in [3.05, 3.63) is 71.0 Å². The highest BCUT2D eigenvalue weighted by molar-refractivity contribution is 6.32. The molecule has 0 radical (unpaired) electrons. The number of halogens is 2. The number of nitrogens with one attached hydrogen (secondary N) is 2. The molecule has 2 aromatic carbocycles. The Morgan fingerprint density at radius 1 is 1.08 bits per heavy atom. The van der Waals surface area contributed by atoms with Crippen LogP contribution in [0.4, 0.5) is 4.39 Å². The van der Waals surface area contributed by atoms with Crippen LogP contribution in [0.2, 0.25) is 5.02 Å². The molecule has 0 spiro atoms. The molecule has 124 valence electrons. The molecule has 0 bridgehead atoms. The molecular formula is C17H14ClFN2O3. The Morgan fingerprint density at radius 3 is 2.50 bits per heavy atom. The summed E-state index contributed by atoms with van der Waals surface area (Å²) in [5.41, 5.74) is 5.06. The molecule has 0 unspecified atom stereocenters. The van der Waals surface area contributed by atoms with Crippen LogP contribution >= 0.6 is 11.6 Å². The minimum absolute atomic E-state index is 0.300.